The molecule has 0 saturated carbocycles. The molecule has 1 aromatic heterocycles. The molecule has 5 rings (SSSR count). The smallest absolute Gasteiger partial charge is 0.282 e. The number of aromatic nitrogens is 1. The Kier molecular flexibility index (Phi) is 6.48. The van der Waals surface area contributed by atoms with Crippen LogP contribution >= 0.6 is 46.1 Å². The maximum absolute atomic E-state index is 11.7. The van der Waals surface area contributed by atoms with Crippen molar-refractivity contribution < 1.29 is 14.4 Å². The summed E-state index contributed by atoms with van der Waals surface area (Å²) in [5.74, 6) is 0.707. The molecule has 0 amide bonds. The summed E-state index contributed by atoms with van der Waals surface area (Å²) in [5, 5.41) is 19.6. The van der Waals surface area contributed by atoms with Crippen LogP contribution < -0.4 is 14.3 Å². The third kappa shape index (κ3) is 4.89. The van der Waals surface area contributed by atoms with Gasteiger partial charge in [-0.25, -0.2) is 9.67 Å². The van der Waals surface area contributed by atoms with Crippen LogP contribution in [0.1, 0.15) is 5.56 Å². The molecule has 0 saturated heterocycles. The Hall–Kier alpha value is -3.37. The van der Waals surface area contributed by atoms with Crippen LogP contribution in [0, 0.1) is 10.1 Å². The first-order chi connectivity index (χ1) is 16.9. The lowest BCUT2D eigenvalue weighted by Crippen LogP contribution is -2.12. The van der Waals surface area contributed by atoms with Crippen molar-refractivity contribution >= 4 is 63.7 Å². The van der Waals surface area contributed by atoms with Crippen molar-refractivity contribution in [2.24, 2.45) is 10.1 Å². The van der Waals surface area contributed by atoms with E-state index >= 15 is 0 Å². The Morgan fingerprint density at radius 3 is 2.46 bits per heavy atom. The molecule has 0 bridgehead atoms. The Morgan fingerprint density at radius 1 is 1.00 bits per heavy atom. The Balaban J connectivity index is 1.68. The van der Waals surface area contributed by atoms with Crippen LogP contribution in [0.4, 0.5) is 11.4 Å². The van der Waals surface area contributed by atoms with Crippen LogP contribution in [0.15, 0.2) is 70.1 Å². The molecule has 0 unspecified atom stereocenters. The molecule has 2 heterocycles. The summed E-state index contributed by atoms with van der Waals surface area (Å²) >= 11 is 20.0. The van der Waals surface area contributed by atoms with Crippen LogP contribution in [-0.4, -0.2) is 22.6 Å². The van der Waals surface area contributed by atoms with E-state index in [2.05, 4.69) is 10.1 Å². The van der Waals surface area contributed by atoms with E-state index in [1.807, 2.05) is 5.38 Å². The lowest BCUT2D eigenvalue weighted by molar-refractivity contribution is -0.385. The second-order valence-electron chi connectivity index (χ2n) is 7.19. The summed E-state index contributed by atoms with van der Waals surface area (Å²) in [6.07, 6.45) is 1.37. The summed E-state index contributed by atoms with van der Waals surface area (Å²) in [4.78, 5) is 16.3. The van der Waals surface area contributed by atoms with Crippen molar-refractivity contribution in [2.45, 2.75) is 0 Å². The van der Waals surface area contributed by atoms with Crippen LogP contribution in [0.5, 0.6) is 11.5 Å². The average molecular weight is 548 g/mol. The zero-order chi connectivity index (χ0) is 24.5. The summed E-state index contributed by atoms with van der Waals surface area (Å²) < 4.78 is 12.2. The van der Waals surface area contributed by atoms with Crippen molar-refractivity contribution in [3.8, 4) is 22.8 Å². The molecule has 8 nitrogen and oxygen atoms in total. The summed E-state index contributed by atoms with van der Waals surface area (Å²) in [6.45, 7) is -0.00605. The van der Waals surface area contributed by atoms with Crippen LogP contribution in [0.25, 0.3) is 11.3 Å². The Labute approximate surface area is 217 Å². The number of nitro benzene ring substituents is 1. The van der Waals surface area contributed by atoms with Gasteiger partial charge in [-0.2, -0.15) is 5.10 Å². The number of halogens is 3. The summed E-state index contributed by atoms with van der Waals surface area (Å²) in [6, 6.07) is 14.9. The van der Waals surface area contributed by atoms with Gasteiger partial charge in [0.2, 0.25) is 11.6 Å². The SMILES string of the molecule is O=[N+]([O-])c1cc2c(cc1C=Nn1c(-c3cc(Cl)ccc3Cl)csc1=Nc1ccc(Cl)cc1)OCO2. The molecule has 0 aliphatic carbocycles. The van der Waals surface area contributed by atoms with E-state index < -0.39 is 4.92 Å². The van der Waals surface area contributed by atoms with E-state index in [1.165, 1.54) is 29.7 Å². The van der Waals surface area contributed by atoms with Crippen molar-refractivity contribution in [1.82, 2.24) is 4.68 Å². The van der Waals surface area contributed by atoms with Gasteiger partial charge in [0.05, 0.1) is 39.2 Å². The number of fused-ring (bicyclic) bond motifs is 1. The highest BCUT2D eigenvalue weighted by Gasteiger charge is 2.23. The van der Waals surface area contributed by atoms with Crippen molar-refractivity contribution in [1.29, 1.82) is 0 Å². The molecule has 0 radical (unpaired) electrons. The first kappa shape index (κ1) is 23.4. The third-order valence-corrected chi connectivity index (χ3v) is 6.60. The number of thiazole rings is 1. The van der Waals surface area contributed by atoms with Gasteiger partial charge in [-0.05, 0) is 48.5 Å². The summed E-state index contributed by atoms with van der Waals surface area (Å²) in [5.41, 5.74) is 1.95. The van der Waals surface area contributed by atoms with E-state index in [1.54, 1.807) is 47.1 Å². The quantitative estimate of drug-likeness (QED) is 0.154. The maximum atomic E-state index is 11.7. The van der Waals surface area contributed by atoms with Crippen LogP contribution in [0.2, 0.25) is 15.1 Å². The minimum Gasteiger partial charge on any atom is -0.454 e. The van der Waals surface area contributed by atoms with Gasteiger partial charge in [-0.15, -0.1) is 11.3 Å². The first-order valence-corrected chi connectivity index (χ1v) is 12.0. The fraction of sp³-hybridized carbons (Fsp3) is 0.0435. The highest BCUT2D eigenvalue weighted by Crippen LogP contribution is 2.37. The predicted molar refractivity (Wildman–Crippen MR) is 137 cm³/mol. The van der Waals surface area contributed by atoms with Gasteiger partial charge in [0.25, 0.3) is 5.69 Å². The molecule has 176 valence electrons. The number of nitro groups is 1. The second-order valence-corrected chi connectivity index (χ2v) is 9.31. The maximum Gasteiger partial charge on any atom is 0.282 e. The highest BCUT2D eigenvalue weighted by molar-refractivity contribution is 7.07. The molecule has 35 heavy (non-hydrogen) atoms. The molecule has 0 fully saturated rings. The van der Waals surface area contributed by atoms with E-state index in [9.17, 15) is 10.1 Å². The molecular formula is C23H13Cl3N4O4S. The lowest BCUT2D eigenvalue weighted by Gasteiger charge is -2.07. The fourth-order valence-corrected chi connectivity index (χ4v) is 4.68. The second kappa shape index (κ2) is 9.71. The fourth-order valence-electron chi connectivity index (χ4n) is 3.32. The Bertz CT molecular complexity index is 1550. The Morgan fingerprint density at radius 2 is 1.71 bits per heavy atom. The largest absolute Gasteiger partial charge is 0.454 e. The van der Waals surface area contributed by atoms with Crippen LogP contribution in [0.3, 0.4) is 0 Å². The standard InChI is InChI=1S/C23H13Cl3N4O4S/c24-14-1-4-16(5-2-14)28-23-29(20(11-35-23)17-8-15(25)3-6-18(17)26)27-10-13-7-21-22(34-12-33-21)9-19(13)30(31)32/h1-11H,12H2. The normalized spacial score (nSPS) is 13.1. The van der Waals surface area contributed by atoms with Gasteiger partial charge in [0.1, 0.15) is 0 Å². The number of ether oxygens (including phenoxy) is 2. The molecule has 3 aromatic carbocycles. The van der Waals surface area contributed by atoms with Crippen molar-refractivity contribution in [3.05, 3.63) is 95.5 Å². The molecule has 0 N–H and O–H groups in total. The van der Waals surface area contributed by atoms with Gasteiger partial charge in [0, 0.05) is 21.0 Å². The topological polar surface area (TPSA) is 91.2 Å². The monoisotopic (exact) mass is 546 g/mol. The van der Waals surface area contributed by atoms with E-state index in [4.69, 9.17) is 44.3 Å². The van der Waals surface area contributed by atoms with E-state index in [-0.39, 0.29) is 18.0 Å². The van der Waals surface area contributed by atoms with Gasteiger partial charge in [-0.3, -0.25) is 10.1 Å². The molecule has 1 aliphatic rings. The molecule has 0 atom stereocenters. The molecule has 4 aromatic rings. The van der Waals surface area contributed by atoms with Gasteiger partial charge in [-0.1, -0.05) is 34.8 Å². The van der Waals surface area contributed by atoms with Gasteiger partial charge >= 0.3 is 0 Å². The van der Waals surface area contributed by atoms with Gasteiger partial charge in [0.15, 0.2) is 11.5 Å². The molecule has 12 heteroatoms. The number of hydrogen-bond donors (Lipinski definition) is 0. The summed E-state index contributed by atoms with van der Waals surface area (Å²) in [7, 11) is 0. The third-order valence-electron chi connectivity index (χ3n) is 4.97. The number of nitrogens with zero attached hydrogens (tertiary/aromatic N) is 4. The van der Waals surface area contributed by atoms with Crippen LogP contribution in [-0.2, 0) is 0 Å². The molecule has 1 aliphatic heterocycles. The predicted octanol–water partition coefficient (Wildman–Crippen LogP) is 6.93. The van der Waals surface area contributed by atoms with E-state index in [0.29, 0.717) is 48.3 Å². The zero-order valence-electron chi connectivity index (χ0n) is 17.5. The minimum absolute atomic E-state index is 0.00605. The highest BCUT2D eigenvalue weighted by atomic mass is 35.5. The van der Waals surface area contributed by atoms with E-state index in [0.717, 1.165) is 0 Å². The first-order valence-electron chi connectivity index (χ1n) is 9.98. The molecular weight excluding hydrogens is 535 g/mol. The average Bonchev–Trinajstić information content (AvgIpc) is 3.46. The zero-order valence-corrected chi connectivity index (χ0v) is 20.6. The van der Waals surface area contributed by atoms with Crippen molar-refractivity contribution in [2.75, 3.05) is 6.79 Å². The number of benzene rings is 3. The molecule has 0 spiro atoms. The minimum atomic E-state index is -0.505. The lowest BCUT2D eigenvalue weighted by atomic mass is 10.1. The number of hydrogen-bond acceptors (Lipinski definition) is 7. The van der Waals surface area contributed by atoms with Crippen molar-refractivity contribution in [3.63, 3.8) is 0 Å². The number of rotatable bonds is 5. The van der Waals surface area contributed by atoms with Gasteiger partial charge < -0.3 is 9.47 Å².